The molecule has 0 atom stereocenters. The van der Waals surface area contributed by atoms with E-state index in [9.17, 15) is 4.79 Å². The molecule has 16 heavy (non-hydrogen) atoms. The van der Waals surface area contributed by atoms with E-state index in [-0.39, 0.29) is 5.78 Å². The van der Waals surface area contributed by atoms with Crippen molar-refractivity contribution in [3.05, 3.63) is 29.7 Å². The Labute approximate surface area is 94.3 Å². The van der Waals surface area contributed by atoms with Crippen LogP contribution in [0.15, 0.2) is 18.5 Å². The maximum atomic E-state index is 11.2. The van der Waals surface area contributed by atoms with Crippen LogP contribution in [0.2, 0.25) is 0 Å². The zero-order valence-corrected chi connectivity index (χ0v) is 9.77. The Balaban J connectivity index is 2.41. The molecule has 0 unspecified atom stereocenters. The fourth-order valence-electron chi connectivity index (χ4n) is 1.66. The average Bonchev–Trinajstić information content (AvgIpc) is 2.59. The van der Waals surface area contributed by atoms with Gasteiger partial charge in [0.2, 0.25) is 0 Å². The lowest BCUT2D eigenvalue weighted by molar-refractivity contribution is 0.101. The first-order chi connectivity index (χ1) is 7.56. The van der Waals surface area contributed by atoms with Crippen LogP contribution in [0.3, 0.4) is 0 Å². The highest BCUT2D eigenvalue weighted by atomic mass is 16.1. The van der Waals surface area contributed by atoms with E-state index < -0.39 is 0 Å². The maximum absolute atomic E-state index is 11.2. The van der Waals surface area contributed by atoms with Crippen LogP contribution in [0, 0.1) is 5.92 Å². The third-order valence-corrected chi connectivity index (χ3v) is 2.37. The van der Waals surface area contributed by atoms with E-state index in [0.29, 0.717) is 11.6 Å². The highest BCUT2D eigenvalue weighted by molar-refractivity contribution is 5.93. The van der Waals surface area contributed by atoms with Gasteiger partial charge in [-0.05, 0) is 17.9 Å². The molecular weight excluding hydrogens is 202 g/mol. The topological polar surface area (TPSA) is 47.3 Å². The molecule has 0 amide bonds. The van der Waals surface area contributed by atoms with E-state index in [4.69, 9.17) is 0 Å². The molecule has 0 fully saturated rings. The van der Waals surface area contributed by atoms with Gasteiger partial charge in [0.15, 0.2) is 11.4 Å². The monoisotopic (exact) mass is 217 g/mol. The molecule has 2 heterocycles. The van der Waals surface area contributed by atoms with E-state index in [1.54, 1.807) is 10.6 Å². The molecule has 0 bridgehead atoms. The number of fused-ring (bicyclic) bond motifs is 1. The lowest BCUT2D eigenvalue weighted by Gasteiger charge is -2.03. The maximum Gasteiger partial charge on any atom is 0.180 e. The number of carbonyl (C=O) groups excluding carboxylic acids is 1. The van der Waals surface area contributed by atoms with E-state index in [1.165, 1.54) is 6.92 Å². The van der Waals surface area contributed by atoms with Crippen LogP contribution in [-0.4, -0.2) is 20.4 Å². The highest BCUT2D eigenvalue weighted by Gasteiger charge is 2.07. The molecule has 0 aromatic carbocycles. The zero-order valence-electron chi connectivity index (χ0n) is 9.77. The van der Waals surface area contributed by atoms with Gasteiger partial charge in [-0.1, -0.05) is 13.8 Å². The second-order valence-electron chi connectivity index (χ2n) is 4.45. The van der Waals surface area contributed by atoms with Crippen LogP contribution in [0.4, 0.5) is 0 Å². The number of nitrogens with zero attached hydrogens (tertiary/aromatic N) is 3. The number of hydrogen-bond acceptors (Lipinski definition) is 3. The summed E-state index contributed by atoms with van der Waals surface area (Å²) in [5, 5.41) is 4.18. The van der Waals surface area contributed by atoms with Crippen LogP contribution >= 0.6 is 0 Å². The van der Waals surface area contributed by atoms with Gasteiger partial charge >= 0.3 is 0 Å². The number of rotatable bonds is 3. The molecule has 4 nitrogen and oxygen atoms in total. The first-order valence-electron chi connectivity index (χ1n) is 5.41. The van der Waals surface area contributed by atoms with Crippen LogP contribution < -0.4 is 0 Å². The summed E-state index contributed by atoms with van der Waals surface area (Å²) in [6.45, 7) is 5.83. The molecule has 2 aromatic rings. The van der Waals surface area contributed by atoms with Crippen molar-refractivity contribution >= 4 is 11.4 Å². The quantitative estimate of drug-likeness (QED) is 0.740. The molecule has 0 N–H and O–H groups in total. The van der Waals surface area contributed by atoms with Gasteiger partial charge in [-0.25, -0.2) is 9.50 Å². The van der Waals surface area contributed by atoms with Crippen LogP contribution in [0.25, 0.3) is 5.65 Å². The van der Waals surface area contributed by atoms with Crippen LogP contribution in [0.5, 0.6) is 0 Å². The van der Waals surface area contributed by atoms with Gasteiger partial charge in [0, 0.05) is 25.4 Å². The van der Waals surface area contributed by atoms with Gasteiger partial charge < -0.3 is 0 Å². The highest BCUT2D eigenvalue weighted by Crippen LogP contribution is 2.09. The molecular formula is C12H15N3O. The molecule has 0 radical (unpaired) electrons. The smallest absolute Gasteiger partial charge is 0.180 e. The second-order valence-corrected chi connectivity index (χ2v) is 4.45. The largest absolute Gasteiger partial charge is 0.293 e. The van der Waals surface area contributed by atoms with E-state index in [0.717, 1.165) is 17.6 Å². The lowest BCUT2D eigenvalue weighted by Crippen LogP contribution is -1.99. The van der Waals surface area contributed by atoms with Crippen molar-refractivity contribution in [2.24, 2.45) is 5.92 Å². The van der Waals surface area contributed by atoms with Crippen LogP contribution in [0.1, 0.15) is 36.8 Å². The molecule has 0 saturated carbocycles. The summed E-state index contributed by atoms with van der Waals surface area (Å²) in [4.78, 5) is 15.5. The number of carbonyl (C=O) groups is 1. The SMILES string of the molecule is CC(=O)c1cc2ncc(CC(C)C)cn2n1. The fraction of sp³-hybridized carbons (Fsp3) is 0.417. The van der Waals surface area contributed by atoms with Crippen molar-refractivity contribution in [2.75, 3.05) is 0 Å². The fourth-order valence-corrected chi connectivity index (χ4v) is 1.66. The van der Waals surface area contributed by atoms with E-state index in [2.05, 4.69) is 23.9 Å². The van der Waals surface area contributed by atoms with Crippen molar-refractivity contribution in [1.82, 2.24) is 14.6 Å². The summed E-state index contributed by atoms with van der Waals surface area (Å²) in [6, 6.07) is 1.71. The minimum atomic E-state index is -0.0316. The van der Waals surface area contributed by atoms with Crippen LogP contribution in [-0.2, 0) is 6.42 Å². The normalized spacial score (nSPS) is 11.2. The third-order valence-electron chi connectivity index (χ3n) is 2.37. The van der Waals surface area contributed by atoms with Gasteiger partial charge in [-0.3, -0.25) is 4.79 Å². The first kappa shape index (κ1) is 10.8. The van der Waals surface area contributed by atoms with E-state index >= 15 is 0 Å². The molecule has 2 aromatic heterocycles. The predicted molar refractivity (Wildman–Crippen MR) is 61.5 cm³/mol. The molecule has 0 saturated heterocycles. The minimum Gasteiger partial charge on any atom is -0.293 e. The Kier molecular flexibility index (Phi) is 2.73. The van der Waals surface area contributed by atoms with Crippen molar-refractivity contribution in [3.8, 4) is 0 Å². The summed E-state index contributed by atoms with van der Waals surface area (Å²) in [5.74, 6) is 0.554. The third kappa shape index (κ3) is 2.10. The standard InChI is InChI=1S/C12H15N3O/c1-8(2)4-10-6-13-12-5-11(9(3)16)14-15(12)7-10/h5-8H,4H2,1-3H3. The van der Waals surface area contributed by atoms with Gasteiger partial charge in [0.1, 0.15) is 5.69 Å². The summed E-state index contributed by atoms with van der Waals surface area (Å²) in [5.41, 5.74) is 2.33. The van der Waals surface area contributed by atoms with Gasteiger partial charge in [-0.15, -0.1) is 0 Å². The first-order valence-corrected chi connectivity index (χ1v) is 5.41. The second kappa shape index (κ2) is 4.04. The Morgan fingerprint density at radius 2 is 2.25 bits per heavy atom. The summed E-state index contributed by atoms with van der Waals surface area (Å²) in [7, 11) is 0. The Bertz CT molecular complexity index is 528. The lowest BCUT2D eigenvalue weighted by atomic mass is 10.1. The van der Waals surface area contributed by atoms with Gasteiger partial charge in [0.05, 0.1) is 0 Å². The summed E-state index contributed by atoms with van der Waals surface area (Å²) in [6.07, 6.45) is 4.76. The predicted octanol–water partition coefficient (Wildman–Crippen LogP) is 2.13. The summed E-state index contributed by atoms with van der Waals surface area (Å²) >= 11 is 0. The van der Waals surface area contributed by atoms with Crippen molar-refractivity contribution in [1.29, 1.82) is 0 Å². The van der Waals surface area contributed by atoms with Gasteiger partial charge in [-0.2, -0.15) is 5.10 Å². The molecule has 0 aliphatic carbocycles. The summed E-state index contributed by atoms with van der Waals surface area (Å²) < 4.78 is 1.68. The zero-order chi connectivity index (χ0) is 11.7. The molecule has 4 heteroatoms. The molecule has 0 aliphatic rings. The van der Waals surface area contributed by atoms with Gasteiger partial charge in [0.25, 0.3) is 0 Å². The number of Topliss-reactive ketones (excluding diaryl/α,β-unsaturated/α-hetero) is 1. The van der Waals surface area contributed by atoms with Crippen molar-refractivity contribution in [2.45, 2.75) is 27.2 Å². The number of hydrogen-bond donors (Lipinski definition) is 0. The Morgan fingerprint density at radius 1 is 1.50 bits per heavy atom. The number of ketones is 1. The molecule has 84 valence electrons. The van der Waals surface area contributed by atoms with Crippen molar-refractivity contribution in [3.63, 3.8) is 0 Å². The Morgan fingerprint density at radius 3 is 2.88 bits per heavy atom. The van der Waals surface area contributed by atoms with E-state index in [1.807, 2.05) is 12.4 Å². The number of aromatic nitrogens is 3. The molecule has 0 aliphatic heterocycles. The minimum absolute atomic E-state index is 0.0316. The Hall–Kier alpha value is -1.71. The molecule has 0 spiro atoms. The average molecular weight is 217 g/mol. The van der Waals surface area contributed by atoms with Crippen molar-refractivity contribution < 1.29 is 4.79 Å². The molecule has 2 rings (SSSR count).